The van der Waals surface area contributed by atoms with Crippen LogP contribution in [0, 0.1) is 0 Å². The van der Waals surface area contributed by atoms with E-state index >= 15 is 0 Å². The Balaban J connectivity index is 4.14. The number of carbonyl (C=O) groups excluding carboxylic acids is 3. The van der Waals surface area contributed by atoms with E-state index < -0.39 is 6.10 Å². The largest absolute Gasteiger partial charge is 0.462 e. The summed E-state index contributed by atoms with van der Waals surface area (Å²) in [6.45, 7) is 6.68. The predicted molar refractivity (Wildman–Crippen MR) is 280 cm³/mol. The lowest BCUT2D eigenvalue weighted by Gasteiger charge is -2.18. The molecule has 0 fully saturated rings. The topological polar surface area (TPSA) is 78.9 Å². The van der Waals surface area contributed by atoms with Gasteiger partial charge in [0, 0.05) is 19.3 Å². The van der Waals surface area contributed by atoms with Crippen LogP contribution in [-0.2, 0) is 28.6 Å². The van der Waals surface area contributed by atoms with Gasteiger partial charge in [0.25, 0.3) is 0 Å². The molecule has 0 spiro atoms. The Morgan fingerprint density at radius 2 is 0.415 bits per heavy atom. The third-order valence-corrected chi connectivity index (χ3v) is 13.6. The lowest BCUT2D eigenvalue weighted by Crippen LogP contribution is -2.30. The highest BCUT2D eigenvalue weighted by atomic mass is 16.6. The van der Waals surface area contributed by atoms with Gasteiger partial charge >= 0.3 is 17.9 Å². The van der Waals surface area contributed by atoms with Gasteiger partial charge in [-0.05, 0) is 19.3 Å². The van der Waals surface area contributed by atoms with Gasteiger partial charge in [-0.3, -0.25) is 14.4 Å². The molecule has 386 valence electrons. The van der Waals surface area contributed by atoms with E-state index in [1.165, 1.54) is 244 Å². The molecule has 6 heteroatoms. The van der Waals surface area contributed by atoms with Crippen molar-refractivity contribution in [2.24, 2.45) is 0 Å². The van der Waals surface area contributed by atoms with Crippen LogP contribution in [-0.4, -0.2) is 37.2 Å². The Hall–Kier alpha value is -1.59. The summed E-state index contributed by atoms with van der Waals surface area (Å²) in [7, 11) is 0. The van der Waals surface area contributed by atoms with Crippen molar-refractivity contribution in [1.29, 1.82) is 0 Å². The zero-order valence-corrected chi connectivity index (χ0v) is 44.3. The first kappa shape index (κ1) is 63.4. The van der Waals surface area contributed by atoms with Gasteiger partial charge in [-0.1, -0.05) is 303 Å². The van der Waals surface area contributed by atoms with E-state index in [-0.39, 0.29) is 31.1 Å². The maximum atomic E-state index is 12.8. The summed E-state index contributed by atoms with van der Waals surface area (Å²) < 4.78 is 16.8. The molecule has 65 heavy (non-hydrogen) atoms. The fourth-order valence-electron chi connectivity index (χ4n) is 9.15. The normalized spacial score (nSPS) is 11.9. The number of unbranched alkanes of at least 4 members (excludes halogenated alkanes) is 44. The monoisotopic (exact) mass is 919 g/mol. The number of hydrogen-bond donors (Lipinski definition) is 0. The molecule has 6 nitrogen and oxygen atoms in total. The van der Waals surface area contributed by atoms with E-state index in [0.717, 1.165) is 57.8 Å². The van der Waals surface area contributed by atoms with Gasteiger partial charge in [0.05, 0.1) is 0 Å². The molecule has 1 unspecified atom stereocenters. The summed E-state index contributed by atoms with van der Waals surface area (Å²) >= 11 is 0. The molecule has 0 aliphatic carbocycles. The number of ether oxygens (including phenoxy) is 3. The number of rotatable bonds is 55. The Labute approximate surface area is 406 Å². The average Bonchev–Trinajstić information content (AvgIpc) is 3.30. The molecule has 0 saturated carbocycles. The zero-order valence-electron chi connectivity index (χ0n) is 44.3. The highest BCUT2D eigenvalue weighted by Crippen LogP contribution is 2.18. The smallest absolute Gasteiger partial charge is 0.306 e. The van der Waals surface area contributed by atoms with Crippen molar-refractivity contribution in [3.8, 4) is 0 Å². The van der Waals surface area contributed by atoms with Gasteiger partial charge < -0.3 is 14.2 Å². The maximum Gasteiger partial charge on any atom is 0.306 e. The molecule has 0 aromatic carbocycles. The molecule has 0 aromatic rings. The minimum Gasteiger partial charge on any atom is -0.462 e. The first-order valence-corrected chi connectivity index (χ1v) is 29.5. The van der Waals surface area contributed by atoms with Crippen LogP contribution in [0.3, 0.4) is 0 Å². The molecule has 0 amide bonds. The summed E-state index contributed by atoms with van der Waals surface area (Å²) in [5.41, 5.74) is 0. The predicted octanol–water partition coefficient (Wildman–Crippen LogP) is 19.5. The minimum absolute atomic E-state index is 0.0615. The molecule has 0 bridgehead atoms. The Bertz CT molecular complexity index is 967. The summed E-state index contributed by atoms with van der Waals surface area (Å²) in [6.07, 6.45) is 61.1. The van der Waals surface area contributed by atoms with Crippen LogP contribution in [0.4, 0.5) is 0 Å². The average molecular weight is 920 g/mol. The zero-order chi connectivity index (χ0) is 47.2. The van der Waals surface area contributed by atoms with Crippen LogP contribution in [0.1, 0.15) is 342 Å². The van der Waals surface area contributed by atoms with Crippen molar-refractivity contribution in [1.82, 2.24) is 0 Å². The molecule has 0 aromatic heterocycles. The maximum absolute atomic E-state index is 12.8. The molecule has 0 aliphatic rings. The van der Waals surface area contributed by atoms with Crippen LogP contribution in [0.25, 0.3) is 0 Å². The molecule has 0 saturated heterocycles. The first-order valence-electron chi connectivity index (χ1n) is 29.5. The lowest BCUT2D eigenvalue weighted by molar-refractivity contribution is -0.167. The Morgan fingerprint density at radius 3 is 0.615 bits per heavy atom. The molecule has 0 heterocycles. The van der Waals surface area contributed by atoms with Crippen molar-refractivity contribution < 1.29 is 28.6 Å². The number of esters is 3. The second kappa shape index (κ2) is 55.0. The highest BCUT2D eigenvalue weighted by Gasteiger charge is 2.19. The molecule has 0 aliphatic heterocycles. The van der Waals surface area contributed by atoms with Gasteiger partial charge in [-0.25, -0.2) is 0 Å². The van der Waals surface area contributed by atoms with E-state index in [1.54, 1.807) is 0 Å². The summed E-state index contributed by atoms with van der Waals surface area (Å²) in [5, 5.41) is 0. The van der Waals surface area contributed by atoms with Crippen LogP contribution in [0.15, 0.2) is 0 Å². The van der Waals surface area contributed by atoms with Crippen molar-refractivity contribution in [3.63, 3.8) is 0 Å². The Morgan fingerprint density at radius 1 is 0.246 bits per heavy atom. The second-order valence-corrected chi connectivity index (χ2v) is 20.3. The van der Waals surface area contributed by atoms with E-state index in [9.17, 15) is 14.4 Å². The van der Waals surface area contributed by atoms with Gasteiger partial charge in [0.2, 0.25) is 0 Å². The fourth-order valence-corrected chi connectivity index (χ4v) is 9.15. The van der Waals surface area contributed by atoms with Crippen LogP contribution in [0.5, 0.6) is 0 Å². The molecule has 0 N–H and O–H groups in total. The van der Waals surface area contributed by atoms with Crippen LogP contribution in [0.2, 0.25) is 0 Å². The third kappa shape index (κ3) is 53.2. The van der Waals surface area contributed by atoms with E-state index in [4.69, 9.17) is 14.2 Å². The quantitative estimate of drug-likeness (QED) is 0.0344. The van der Waals surface area contributed by atoms with Crippen LogP contribution >= 0.6 is 0 Å². The minimum atomic E-state index is -0.760. The summed E-state index contributed by atoms with van der Waals surface area (Å²) in [6, 6.07) is 0. The molecular formula is C59H114O6. The van der Waals surface area contributed by atoms with Crippen LogP contribution < -0.4 is 0 Å². The number of carbonyl (C=O) groups is 3. The van der Waals surface area contributed by atoms with Gasteiger partial charge in [-0.15, -0.1) is 0 Å². The lowest BCUT2D eigenvalue weighted by atomic mass is 10.0. The van der Waals surface area contributed by atoms with E-state index in [1.807, 2.05) is 0 Å². The van der Waals surface area contributed by atoms with Crippen molar-refractivity contribution in [2.45, 2.75) is 348 Å². The van der Waals surface area contributed by atoms with Gasteiger partial charge in [-0.2, -0.15) is 0 Å². The molecule has 1 atom stereocenters. The second-order valence-electron chi connectivity index (χ2n) is 20.3. The summed E-state index contributed by atoms with van der Waals surface area (Å²) in [4.78, 5) is 38.0. The molecule has 0 radical (unpaired) electrons. The number of hydrogen-bond acceptors (Lipinski definition) is 6. The van der Waals surface area contributed by atoms with Crippen molar-refractivity contribution >= 4 is 17.9 Å². The van der Waals surface area contributed by atoms with E-state index in [0.29, 0.717) is 19.3 Å². The van der Waals surface area contributed by atoms with Gasteiger partial charge in [0.1, 0.15) is 13.2 Å². The summed E-state index contributed by atoms with van der Waals surface area (Å²) in [5.74, 6) is -0.838. The molecular weight excluding hydrogens is 805 g/mol. The van der Waals surface area contributed by atoms with E-state index in [2.05, 4.69) is 20.8 Å². The molecule has 0 rings (SSSR count). The SMILES string of the molecule is CCCCCCCCCCCCCCCCCCCCCCCC(=O)OCC(COC(=O)CCCCCCCCCC)OC(=O)CCCCCCCCCCCCCCCCCCCC. The van der Waals surface area contributed by atoms with Crippen molar-refractivity contribution in [3.05, 3.63) is 0 Å². The standard InChI is InChI=1S/C59H114O6/c1-4-7-10-13-16-19-21-23-25-27-29-30-31-33-34-36-38-40-43-46-49-52-58(61)64-55-56(54-63-57(60)51-48-45-42-18-15-12-9-6-3)65-59(62)53-50-47-44-41-39-37-35-32-28-26-24-22-20-17-14-11-8-5-2/h56H,4-55H2,1-3H3. The van der Waals surface area contributed by atoms with Gasteiger partial charge in [0.15, 0.2) is 6.10 Å². The first-order chi connectivity index (χ1) is 32.0. The third-order valence-electron chi connectivity index (χ3n) is 13.6. The highest BCUT2D eigenvalue weighted by molar-refractivity contribution is 5.71. The van der Waals surface area contributed by atoms with Crippen molar-refractivity contribution in [2.75, 3.05) is 13.2 Å². The Kier molecular flexibility index (Phi) is 53.7. The fraction of sp³-hybridized carbons (Fsp3) is 0.949.